The molecule has 0 aliphatic carbocycles. The highest BCUT2D eigenvalue weighted by Crippen LogP contribution is 2.43. The zero-order valence-corrected chi connectivity index (χ0v) is 12.5. The minimum absolute atomic E-state index is 0.0670. The second kappa shape index (κ2) is 5.79. The van der Waals surface area contributed by atoms with E-state index in [-0.39, 0.29) is 5.78 Å². The summed E-state index contributed by atoms with van der Waals surface area (Å²) < 4.78 is 5.35. The second-order valence-corrected chi connectivity index (χ2v) is 5.90. The zero-order valence-electron chi connectivity index (χ0n) is 11.7. The van der Waals surface area contributed by atoms with Crippen LogP contribution in [0.15, 0.2) is 0 Å². The lowest BCUT2D eigenvalue weighted by Gasteiger charge is -2.13. The van der Waals surface area contributed by atoms with Crippen molar-refractivity contribution in [2.75, 3.05) is 38.3 Å². The van der Waals surface area contributed by atoms with E-state index in [2.05, 4.69) is 17.3 Å². The van der Waals surface area contributed by atoms with E-state index in [1.165, 1.54) is 11.3 Å². The fourth-order valence-corrected chi connectivity index (χ4v) is 3.51. The second-order valence-electron chi connectivity index (χ2n) is 4.88. The number of likely N-dealkylation sites (tertiary alicyclic amines) is 1. The van der Waals surface area contributed by atoms with Gasteiger partial charge < -0.3 is 20.7 Å². The van der Waals surface area contributed by atoms with Crippen molar-refractivity contribution in [3.63, 3.8) is 0 Å². The number of Topliss-reactive ketones (excluding diaryl/α,β-unsaturated/α-hetero) is 1. The van der Waals surface area contributed by atoms with Crippen LogP contribution in [-0.4, -0.2) is 44.0 Å². The predicted octanol–water partition coefficient (Wildman–Crippen LogP) is 2.05. The molecule has 0 spiro atoms. The van der Waals surface area contributed by atoms with Crippen molar-refractivity contribution in [3.8, 4) is 5.75 Å². The van der Waals surface area contributed by atoms with Crippen LogP contribution < -0.4 is 15.8 Å². The lowest BCUT2D eigenvalue weighted by molar-refractivity contribution is 0.0992. The summed E-state index contributed by atoms with van der Waals surface area (Å²) in [6.07, 6.45) is 1.55. The van der Waals surface area contributed by atoms with Crippen molar-refractivity contribution in [2.45, 2.75) is 25.8 Å². The number of nitrogens with one attached hydrogen (secondary N) is 1. The first-order valence-corrected chi connectivity index (χ1v) is 7.33. The van der Waals surface area contributed by atoms with E-state index < -0.39 is 0 Å². The maximum Gasteiger partial charge on any atom is 0.176 e. The molecule has 1 unspecified atom stereocenters. The van der Waals surface area contributed by atoms with Gasteiger partial charge in [-0.3, -0.25) is 4.79 Å². The van der Waals surface area contributed by atoms with Gasteiger partial charge in [0.2, 0.25) is 0 Å². The van der Waals surface area contributed by atoms with E-state index in [1.54, 1.807) is 7.11 Å². The van der Waals surface area contributed by atoms with Gasteiger partial charge >= 0.3 is 0 Å². The summed E-state index contributed by atoms with van der Waals surface area (Å²) in [5.74, 6) is 0.675. The summed E-state index contributed by atoms with van der Waals surface area (Å²) in [4.78, 5) is 14.7. The number of rotatable bonds is 5. The van der Waals surface area contributed by atoms with Gasteiger partial charge in [-0.15, -0.1) is 11.3 Å². The Bertz CT molecular complexity index is 473. The maximum absolute atomic E-state index is 11.8. The highest BCUT2D eigenvalue weighted by Gasteiger charge is 2.25. The molecule has 19 heavy (non-hydrogen) atoms. The average molecular weight is 283 g/mol. The standard InChI is InChI=1S/C13H21N3O2S/c1-4-9(17)12-10(14)11(18-3)13(19-12)15-8-5-6-16(2)7-8/h8,15H,4-7,14H2,1-3H3. The fourth-order valence-electron chi connectivity index (χ4n) is 2.33. The van der Waals surface area contributed by atoms with E-state index in [1.807, 2.05) is 6.92 Å². The third-order valence-corrected chi connectivity index (χ3v) is 4.56. The Labute approximate surface area is 117 Å². The zero-order chi connectivity index (χ0) is 14.0. The number of ketones is 1. The number of nitrogens with zero attached hydrogens (tertiary/aromatic N) is 1. The molecule has 0 radical (unpaired) electrons. The molecule has 2 heterocycles. The SMILES string of the molecule is CCC(=O)c1sc(NC2CCN(C)C2)c(OC)c1N. The molecule has 1 aromatic rings. The van der Waals surface area contributed by atoms with E-state index in [0.717, 1.165) is 24.5 Å². The highest BCUT2D eigenvalue weighted by atomic mass is 32.1. The largest absolute Gasteiger partial charge is 0.492 e. The molecule has 5 nitrogen and oxygen atoms in total. The molecule has 1 saturated heterocycles. The van der Waals surface area contributed by atoms with Crippen molar-refractivity contribution in [2.24, 2.45) is 0 Å². The number of hydrogen-bond donors (Lipinski definition) is 2. The van der Waals surface area contributed by atoms with Gasteiger partial charge in [-0.1, -0.05) is 6.92 Å². The number of ether oxygens (including phenoxy) is 1. The Morgan fingerprint density at radius 1 is 1.63 bits per heavy atom. The van der Waals surface area contributed by atoms with Crippen molar-refractivity contribution >= 4 is 27.8 Å². The molecule has 1 aromatic heterocycles. The van der Waals surface area contributed by atoms with Crippen LogP contribution in [0.3, 0.4) is 0 Å². The predicted molar refractivity (Wildman–Crippen MR) is 79.4 cm³/mol. The molecule has 1 fully saturated rings. The number of methoxy groups -OCH3 is 1. The average Bonchev–Trinajstić information content (AvgIpc) is 2.93. The van der Waals surface area contributed by atoms with Crippen LogP contribution >= 0.6 is 11.3 Å². The fraction of sp³-hybridized carbons (Fsp3) is 0.615. The minimum atomic E-state index is 0.0670. The van der Waals surface area contributed by atoms with E-state index in [0.29, 0.717) is 28.8 Å². The quantitative estimate of drug-likeness (QED) is 0.810. The number of nitrogens with two attached hydrogens (primary N) is 1. The van der Waals surface area contributed by atoms with Crippen molar-refractivity contribution in [1.29, 1.82) is 0 Å². The van der Waals surface area contributed by atoms with Gasteiger partial charge in [0, 0.05) is 19.0 Å². The number of anilines is 2. The van der Waals surface area contributed by atoms with Gasteiger partial charge in [0.15, 0.2) is 11.5 Å². The van der Waals surface area contributed by atoms with Crippen molar-refractivity contribution in [1.82, 2.24) is 4.90 Å². The summed E-state index contributed by atoms with van der Waals surface area (Å²) in [5.41, 5.74) is 6.47. The number of thiophene rings is 1. The molecule has 2 rings (SSSR count). The Balaban J connectivity index is 2.22. The Hall–Kier alpha value is -1.27. The third kappa shape index (κ3) is 2.84. The van der Waals surface area contributed by atoms with Crippen LogP contribution in [0.25, 0.3) is 0 Å². The number of hydrogen-bond acceptors (Lipinski definition) is 6. The monoisotopic (exact) mass is 283 g/mol. The van der Waals surface area contributed by atoms with E-state index in [9.17, 15) is 4.79 Å². The third-order valence-electron chi connectivity index (χ3n) is 3.40. The molecule has 0 amide bonds. The smallest absolute Gasteiger partial charge is 0.176 e. The number of nitrogen functional groups attached to an aromatic ring is 1. The van der Waals surface area contributed by atoms with Crippen LogP contribution in [0.2, 0.25) is 0 Å². The summed E-state index contributed by atoms with van der Waals surface area (Å²) in [6.45, 7) is 3.92. The first-order chi connectivity index (χ1) is 9.06. The molecule has 6 heteroatoms. The molecule has 106 valence electrons. The molecular weight excluding hydrogens is 262 g/mol. The molecule has 1 aliphatic rings. The van der Waals surface area contributed by atoms with Crippen molar-refractivity contribution < 1.29 is 9.53 Å². The van der Waals surface area contributed by atoms with Gasteiger partial charge in [-0.05, 0) is 20.0 Å². The first-order valence-electron chi connectivity index (χ1n) is 6.51. The lowest BCUT2D eigenvalue weighted by Crippen LogP contribution is -2.23. The Morgan fingerprint density at radius 3 is 2.89 bits per heavy atom. The van der Waals surface area contributed by atoms with Gasteiger partial charge in [0.1, 0.15) is 5.00 Å². The van der Waals surface area contributed by atoms with E-state index >= 15 is 0 Å². The maximum atomic E-state index is 11.8. The lowest BCUT2D eigenvalue weighted by atomic mass is 10.2. The van der Waals surface area contributed by atoms with Gasteiger partial charge in [-0.2, -0.15) is 0 Å². The van der Waals surface area contributed by atoms with Gasteiger partial charge in [-0.25, -0.2) is 0 Å². The molecule has 3 N–H and O–H groups in total. The molecule has 1 aliphatic heterocycles. The minimum Gasteiger partial charge on any atom is -0.492 e. The van der Waals surface area contributed by atoms with Crippen LogP contribution in [0.5, 0.6) is 5.75 Å². The molecule has 0 bridgehead atoms. The van der Waals surface area contributed by atoms with Gasteiger partial charge in [0.05, 0.1) is 17.7 Å². The summed E-state index contributed by atoms with van der Waals surface area (Å²) >= 11 is 1.40. The van der Waals surface area contributed by atoms with Gasteiger partial charge in [0.25, 0.3) is 0 Å². The summed E-state index contributed by atoms with van der Waals surface area (Å²) in [7, 11) is 3.69. The molecule has 1 atom stereocenters. The first kappa shape index (κ1) is 14.1. The Kier molecular flexibility index (Phi) is 4.31. The molecule has 0 aromatic carbocycles. The van der Waals surface area contributed by atoms with Crippen LogP contribution in [0, 0.1) is 0 Å². The number of carbonyl (C=O) groups excluding carboxylic acids is 1. The highest BCUT2D eigenvalue weighted by molar-refractivity contribution is 7.19. The van der Waals surface area contributed by atoms with E-state index in [4.69, 9.17) is 10.5 Å². The summed E-state index contributed by atoms with van der Waals surface area (Å²) in [5, 5.41) is 4.32. The van der Waals surface area contributed by atoms with Crippen LogP contribution in [-0.2, 0) is 0 Å². The number of likely N-dealkylation sites (N-methyl/N-ethyl adjacent to an activating group) is 1. The number of carbonyl (C=O) groups is 1. The Morgan fingerprint density at radius 2 is 2.37 bits per heavy atom. The normalized spacial score (nSPS) is 19.6. The summed E-state index contributed by atoms with van der Waals surface area (Å²) in [6, 6.07) is 0.390. The van der Waals surface area contributed by atoms with Crippen LogP contribution in [0.4, 0.5) is 10.7 Å². The van der Waals surface area contributed by atoms with Crippen LogP contribution in [0.1, 0.15) is 29.4 Å². The molecule has 0 saturated carbocycles. The molecular formula is C13H21N3O2S. The topological polar surface area (TPSA) is 67.6 Å². The van der Waals surface area contributed by atoms with Crippen molar-refractivity contribution in [3.05, 3.63) is 4.88 Å².